The van der Waals surface area contributed by atoms with Crippen molar-refractivity contribution in [2.75, 3.05) is 0 Å². The van der Waals surface area contributed by atoms with Crippen molar-refractivity contribution >= 4 is 11.9 Å². The van der Waals surface area contributed by atoms with Gasteiger partial charge in [-0.05, 0) is 43.7 Å². The fourth-order valence-corrected chi connectivity index (χ4v) is 9.50. The Kier molecular flexibility index (Phi) is 4.28. The number of carbonyl (C=O) groups excluding carboxylic acids is 1. The minimum atomic E-state index is -2.48. The summed E-state index contributed by atoms with van der Waals surface area (Å²) in [6.07, 6.45) is -2.31. The second kappa shape index (κ2) is 6.33. The van der Waals surface area contributed by atoms with Crippen LogP contribution in [-0.4, -0.2) is 88.0 Å². The monoisotopic (exact) mass is 507 g/mol. The van der Waals surface area contributed by atoms with Crippen LogP contribution < -0.4 is 0 Å². The van der Waals surface area contributed by atoms with Gasteiger partial charge in [0, 0.05) is 12.6 Å². The van der Waals surface area contributed by atoms with Crippen molar-refractivity contribution < 1.29 is 49.7 Å². The summed E-state index contributed by atoms with van der Waals surface area (Å²) in [6.45, 7) is 6.28. The van der Waals surface area contributed by atoms with E-state index in [1.54, 1.807) is 26.8 Å². The molecule has 3 heterocycles. The summed E-state index contributed by atoms with van der Waals surface area (Å²) in [7, 11) is 0. The number of hydrogen-bond acceptors (Lipinski definition) is 9. The Bertz CT molecular complexity index is 1170. The zero-order chi connectivity index (χ0) is 26.5. The van der Waals surface area contributed by atoms with Gasteiger partial charge in [0.25, 0.3) is 0 Å². The maximum atomic E-state index is 13.2. The van der Waals surface area contributed by atoms with Crippen molar-refractivity contribution in [3.63, 3.8) is 0 Å². The van der Waals surface area contributed by atoms with Gasteiger partial charge in [0.2, 0.25) is 0 Å². The standard InChI is InChI=1S/C25H33NO10/c1-11(2)23(33)16(35-17(28)13-6-5-9-26-13)14-20(18(29)30)10-22(32)19(23,4)24(14,34)25(36-22)15(27)12(3)7-8-21(20,25)31/h5-6,9,11-12,14-16,26-27,31-34H,7-8,10H2,1-4H3,(H,29,30)/t12?,14-,15?,16-,19-,20+,21?,22-,23?,24?,25?/m0/s1. The molecule has 1 aromatic rings. The van der Waals surface area contributed by atoms with Gasteiger partial charge in [0.1, 0.15) is 34.0 Å². The van der Waals surface area contributed by atoms with E-state index in [0.29, 0.717) is 0 Å². The highest BCUT2D eigenvalue weighted by atomic mass is 16.7. The van der Waals surface area contributed by atoms with Crippen molar-refractivity contribution in [2.45, 2.75) is 87.4 Å². The summed E-state index contributed by atoms with van der Waals surface area (Å²) in [5, 5.41) is 71.8. The maximum absolute atomic E-state index is 13.2. The van der Waals surface area contributed by atoms with E-state index >= 15 is 0 Å². The molecule has 2 aliphatic heterocycles. The molecule has 2 saturated heterocycles. The number of aliphatic hydroxyl groups is 5. The van der Waals surface area contributed by atoms with Crippen molar-refractivity contribution in [2.24, 2.45) is 28.6 Å². The van der Waals surface area contributed by atoms with E-state index in [4.69, 9.17) is 9.47 Å². The highest BCUT2D eigenvalue weighted by Crippen LogP contribution is 2.89. The third kappa shape index (κ3) is 1.85. The van der Waals surface area contributed by atoms with Crippen molar-refractivity contribution in [3.8, 4) is 0 Å². The van der Waals surface area contributed by atoms with Crippen molar-refractivity contribution in [3.05, 3.63) is 24.0 Å². The fraction of sp³-hybridized carbons (Fsp3) is 0.760. The first-order chi connectivity index (χ1) is 16.6. The highest BCUT2D eigenvalue weighted by Gasteiger charge is 3.07. The third-order valence-corrected chi connectivity index (χ3v) is 11.1. The highest BCUT2D eigenvalue weighted by molar-refractivity contribution is 5.88. The Hall–Kier alpha value is -2.02. The number of carboxylic acids is 1. The first-order valence-corrected chi connectivity index (χ1v) is 12.4. The number of aliphatic hydroxyl groups excluding tert-OH is 1. The van der Waals surface area contributed by atoms with E-state index in [9.17, 15) is 40.2 Å². The topological polar surface area (TPSA) is 190 Å². The number of ether oxygens (including phenoxy) is 2. The molecule has 11 heteroatoms. The van der Waals surface area contributed by atoms with Gasteiger partial charge in [-0.3, -0.25) is 4.79 Å². The number of esters is 1. The Morgan fingerprint density at radius 1 is 1.22 bits per heavy atom. The molecule has 198 valence electrons. The number of aromatic nitrogens is 1. The second-order valence-corrected chi connectivity index (χ2v) is 12.2. The maximum Gasteiger partial charge on any atom is 0.355 e. The molecule has 11 atom stereocenters. The lowest BCUT2D eigenvalue weighted by molar-refractivity contribution is -0.383. The van der Waals surface area contributed by atoms with Crippen LogP contribution >= 0.6 is 0 Å². The van der Waals surface area contributed by atoms with Crippen LogP contribution in [0.5, 0.6) is 0 Å². The third-order valence-electron chi connectivity index (χ3n) is 11.1. The molecule has 7 rings (SSSR count). The van der Waals surface area contributed by atoms with Gasteiger partial charge in [-0.2, -0.15) is 0 Å². The number of hydrogen-bond donors (Lipinski definition) is 7. The molecule has 6 bridgehead atoms. The zero-order valence-corrected chi connectivity index (χ0v) is 20.6. The summed E-state index contributed by atoms with van der Waals surface area (Å²) in [4.78, 5) is 29.1. The molecule has 0 amide bonds. The van der Waals surface area contributed by atoms with Crippen molar-refractivity contribution in [1.82, 2.24) is 4.98 Å². The molecule has 1 aromatic heterocycles. The average molecular weight is 508 g/mol. The lowest BCUT2D eigenvalue weighted by atomic mass is 9.53. The molecule has 0 aromatic carbocycles. The van der Waals surface area contributed by atoms with Crippen LogP contribution in [0.3, 0.4) is 0 Å². The van der Waals surface area contributed by atoms with Crippen LogP contribution in [-0.2, 0) is 14.3 Å². The van der Waals surface area contributed by atoms with E-state index in [-0.39, 0.29) is 18.5 Å². The predicted octanol–water partition coefficient (Wildman–Crippen LogP) is -0.238. The Balaban J connectivity index is 1.69. The van der Waals surface area contributed by atoms with Gasteiger partial charge in [-0.1, -0.05) is 20.8 Å². The van der Waals surface area contributed by atoms with E-state index in [1.165, 1.54) is 19.2 Å². The molecule has 6 unspecified atom stereocenters. The van der Waals surface area contributed by atoms with Gasteiger partial charge >= 0.3 is 11.9 Å². The Morgan fingerprint density at radius 2 is 1.89 bits per heavy atom. The lowest BCUT2D eigenvalue weighted by Gasteiger charge is -2.59. The molecule has 0 radical (unpaired) electrons. The van der Waals surface area contributed by atoms with Crippen molar-refractivity contribution in [1.29, 1.82) is 0 Å². The number of aromatic amines is 1. The summed E-state index contributed by atoms with van der Waals surface area (Å²) in [5.74, 6) is -7.81. The van der Waals surface area contributed by atoms with E-state index in [0.717, 1.165) is 0 Å². The van der Waals surface area contributed by atoms with Gasteiger partial charge in [-0.25, -0.2) is 4.79 Å². The summed E-state index contributed by atoms with van der Waals surface area (Å²) in [5.41, 5.74) is -13.7. The smallest absolute Gasteiger partial charge is 0.355 e. The number of nitrogens with one attached hydrogen (secondary N) is 1. The first kappa shape index (κ1) is 24.3. The number of H-pyrrole nitrogens is 1. The minimum Gasteiger partial charge on any atom is -0.481 e. The van der Waals surface area contributed by atoms with Gasteiger partial charge in [0.05, 0.1) is 17.4 Å². The van der Waals surface area contributed by atoms with Gasteiger partial charge in [0.15, 0.2) is 11.4 Å². The first-order valence-electron chi connectivity index (χ1n) is 12.4. The van der Waals surface area contributed by atoms with Crippen LogP contribution in [0.4, 0.5) is 0 Å². The fourth-order valence-electron chi connectivity index (χ4n) is 9.50. The van der Waals surface area contributed by atoms with Gasteiger partial charge in [-0.15, -0.1) is 0 Å². The van der Waals surface area contributed by atoms with E-state index in [2.05, 4.69) is 4.98 Å². The van der Waals surface area contributed by atoms with E-state index in [1.807, 2.05) is 0 Å². The van der Waals surface area contributed by atoms with Crippen LogP contribution in [0.2, 0.25) is 0 Å². The van der Waals surface area contributed by atoms with Crippen LogP contribution in [0, 0.1) is 28.6 Å². The SMILES string of the molecule is CC1CCC2(O)C3(O[C@@]4(O)C[C@]2(C(=O)O)[C@@H]2[C@H](OC(=O)c5ccc[nH]5)C(O)(C(C)C)[C@@]4(C)C23O)C1O. The molecule has 7 N–H and O–H groups in total. The molecule has 6 aliphatic rings. The van der Waals surface area contributed by atoms with Crippen LogP contribution in [0.1, 0.15) is 57.4 Å². The number of aliphatic carboxylic acids is 1. The quantitative estimate of drug-likeness (QED) is 0.268. The van der Waals surface area contributed by atoms with Crippen LogP contribution in [0.25, 0.3) is 0 Å². The molecule has 4 saturated carbocycles. The largest absolute Gasteiger partial charge is 0.481 e. The summed E-state index contributed by atoms with van der Waals surface area (Å²) < 4.78 is 12.0. The van der Waals surface area contributed by atoms with E-state index < -0.39 is 87.3 Å². The minimum absolute atomic E-state index is 0.0412. The Morgan fingerprint density at radius 3 is 2.44 bits per heavy atom. The molecular weight excluding hydrogens is 474 g/mol. The number of carboxylic acid groups (broad SMARTS) is 1. The van der Waals surface area contributed by atoms with Gasteiger partial charge < -0.3 is 45.1 Å². The average Bonchev–Trinajstić information content (AvgIpc) is 3.43. The lowest BCUT2D eigenvalue weighted by Crippen LogP contribution is -2.76. The summed E-state index contributed by atoms with van der Waals surface area (Å²) >= 11 is 0. The molecule has 4 aliphatic carbocycles. The number of carbonyl (C=O) groups is 2. The molecule has 6 fully saturated rings. The second-order valence-electron chi connectivity index (χ2n) is 12.2. The molecular formula is C25H33NO10. The molecule has 1 spiro atoms. The number of rotatable bonds is 4. The predicted molar refractivity (Wildman–Crippen MR) is 119 cm³/mol. The summed E-state index contributed by atoms with van der Waals surface area (Å²) in [6, 6.07) is 3.01. The molecule has 11 nitrogen and oxygen atoms in total. The van der Waals surface area contributed by atoms with Crippen LogP contribution in [0.15, 0.2) is 18.3 Å². The molecule has 36 heavy (non-hydrogen) atoms. The Labute approximate surface area is 207 Å². The normalized spacial score (nSPS) is 56.3. The zero-order valence-electron chi connectivity index (χ0n) is 20.6.